The topological polar surface area (TPSA) is 38.0 Å². The number of hydrogen-bond acceptors (Lipinski definition) is 2. The number of para-hydroxylation sites is 1. The Balaban J connectivity index is 0.000000845. The minimum atomic E-state index is 0. The molecule has 14 heavy (non-hydrogen) atoms. The van der Waals surface area contributed by atoms with Crippen LogP contribution < -0.4 is 11.1 Å². The molecule has 3 N–H and O–H groups in total. The van der Waals surface area contributed by atoms with Gasteiger partial charge >= 0.3 is 0 Å². The van der Waals surface area contributed by atoms with Crippen molar-refractivity contribution in [3.63, 3.8) is 0 Å². The van der Waals surface area contributed by atoms with Gasteiger partial charge in [0, 0.05) is 18.8 Å². The first-order valence-electron chi connectivity index (χ1n) is 4.46. The first-order valence-corrected chi connectivity index (χ1v) is 4.46. The van der Waals surface area contributed by atoms with E-state index < -0.39 is 0 Å². The zero-order valence-corrected chi connectivity index (χ0v) is 9.59. The van der Waals surface area contributed by atoms with Gasteiger partial charge in [-0.1, -0.05) is 18.2 Å². The SMILES string of the molecule is Cl.Cl.NCc1cccc2c1NCCC2. The maximum atomic E-state index is 5.63. The zero-order valence-electron chi connectivity index (χ0n) is 7.95. The molecular formula is C10H16Cl2N2. The minimum absolute atomic E-state index is 0. The fourth-order valence-corrected chi connectivity index (χ4v) is 1.75. The standard InChI is InChI=1S/C10H14N2.2ClH/c11-7-9-4-1-3-8-5-2-6-12-10(8)9;;/h1,3-4,12H,2,5-7,11H2;2*1H. The zero-order chi connectivity index (χ0) is 8.39. The third-order valence-electron chi connectivity index (χ3n) is 2.38. The third-order valence-corrected chi connectivity index (χ3v) is 2.38. The van der Waals surface area contributed by atoms with Crippen LogP contribution in [0.3, 0.4) is 0 Å². The van der Waals surface area contributed by atoms with Crippen LogP contribution in [0.2, 0.25) is 0 Å². The van der Waals surface area contributed by atoms with Gasteiger partial charge in [-0.05, 0) is 24.0 Å². The molecule has 0 radical (unpaired) electrons. The summed E-state index contributed by atoms with van der Waals surface area (Å²) in [4.78, 5) is 0. The van der Waals surface area contributed by atoms with E-state index in [-0.39, 0.29) is 24.8 Å². The number of halogens is 2. The average Bonchev–Trinajstić information content (AvgIpc) is 2.17. The van der Waals surface area contributed by atoms with Gasteiger partial charge in [-0.2, -0.15) is 0 Å². The lowest BCUT2D eigenvalue weighted by Crippen LogP contribution is -2.14. The Morgan fingerprint density at radius 1 is 1.29 bits per heavy atom. The molecule has 0 saturated heterocycles. The van der Waals surface area contributed by atoms with Gasteiger partial charge in [-0.15, -0.1) is 24.8 Å². The summed E-state index contributed by atoms with van der Waals surface area (Å²) in [5.74, 6) is 0. The highest BCUT2D eigenvalue weighted by molar-refractivity contribution is 5.85. The van der Waals surface area contributed by atoms with Crippen LogP contribution in [0, 0.1) is 0 Å². The first-order chi connectivity index (χ1) is 5.92. The first kappa shape index (κ1) is 13.6. The van der Waals surface area contributed by atoms with E-state index in [1.54, 1.807) is 0 Å². The van der Waals surface area contributed by atoms with Crippen molar-refractivity contribution in [2.45, 2.75) is 19.4 Å². The number of fused-ring (bicyclic) bond motifs is 1. The maximum Gasteiger partial charge on any atom is 0.0418 e. The van der Waals surface area contributed by atoms with Crippen LogP contribution >= 0.6 is 24.8 Å². The molecule has 0 saturated carbocycles. The Kier molecular flexibility index (Phi) is 5.93. The summed E-state index contributed by atoms with van der Waals surface area (Å²) >= 11 is 0. The van der Waals surface area contributed by atoms with E-state index in [0.717, 1.165) is 6.54 Å². The van der Waals surface area contributed by atoms with Gasteiger partial charge in [-0.25, -0.2) is 0 Å². The van der Waals surface area contributed by atoms with Crippen LogP contribution in [0.4, 0.5) is 5.69 Å². The van der Waals surface area contributed by atoms with Crippen LogP contribution in [0.1, 0.15) is 17.5 Å². The second-order valence-electron chi connectivity index (χ2n) is 3.19. The second kappa shape index (κ2) is 6.12. The smallest absolute Gasteiger partial charge is 0.0418 e. The summed E-state index contributed by atoms with van der Waals surface area (Å²) < 4.78 is 0. The predicted molar refractivity (Wildman–Crippen MR) is 65.6 cm³/mol. The molecule has 0 amide bonds. The van der Waals surface area contributed by atoms with E-state index in [2.05, 4.69) is 23.5 Å². The Labute approximate surface area is 97.1 Å². The fourth-order valence-electron chi connectivity index (χ4n) is 1.75. The van der Waals surface area contributed by atoms with E-state index >= 15 is 0 Å². The number of nitrogens with two attached hydrogens (primary N) is 1. The Hall–Kier alpha value is -0.440. The van der Waals surface area contributed by atoms with Crippen molar-refractivity contribution in [1.29, 1.82) is 0 Å². The molecule has 0 fully saturated rings. The molecule has 4 heteroatoms. The molecule has 80 valence electrons. The van der Waals surface area contributed by atoms with Crippen LogP contribution in [-0.4, -0.2) is 6.54 Å². The van der Waals surface area contributed by atoms with E-state index in [1.165, 1.54) is 29.7 Å². The van der Waals surface area contributed by atoms with E-state index in [0.29, 0.717) is 6.54 Å². The van der Waals surface area contributed by atoms with Gasteiger partial charge in [0.1, 0.15) is 0 Å². The van der Waals surface area contributed by atoms with Gasteiger partial charge in [0.05, 0.1) is 0 Å². The number of anilines is 1. The van der Waals surface area contributed by atoms with Crippen LogP contribution in [0.25, 0.3) is 0 Å². The molecule has 0 spiro atoms. The second-order valence-corrected chi connectivity index (χ2v) is 3.19. The molecule has 0 atom stereocenters. The highest BCUT2D eigenvalue weighted by atomic mass is 35.5. The number of rotatable bonds is 1. The quantitative estimate of drug-likeness (QED) is 0.784. The van der Waals surface area contributed by atoms with Crippen molar-refractivity contribution in [3.8, 4) is 0 Å². The molecule has 2 rings (SSSR count). The van der Waals surface area contributed by atoms with Crippen molar-refractivity contribution in [2.24, 2.45) is 5.73 Å². The lowest BCUT2D eigenvalue weighted by Gasteiger charge is -2.20. The molecule has 2 nitrogen and oxygen atoms in total. The molecule has 1 aliphatic heterocycles. The van der Waals surface area contributed by atoms with Crippen molar-refractivity contribution in [1.82, 2.24) is 0 Å². The van der Waals surface area contributed by atoms with Gasteiger partial charge < -0.3 is 11.1 Å². The highest BCUT2D eigenvalue weighted by Gasteiger charge is 2.10. The number of hydrogen-bond donors (Lipinski definition) is 2. The van der Waals surface area contributed by atoms with E-state index in [1.807, 2.05) is 0 Å². The summed E-state index contributed by atoms with van der Waals surface area (Å²) in [7, 11) is 0. The van der Waals surface area contributed by atoms with Crippen molar-refractivity contribution >= 4 is 30.5 Å². The lowest BCUT2D eigenvalue weighted by molar-refractivity contribution is 0.823. The lowest BCUT2D eigenvalue weighted by atomic mass is 10.00. The molecule has 0 unspecified atom stereocenters. The molecule has 0 bridgehead atoms. The fraction of sp³-hybridized carbons (Fsp3) is 0.400. The van der Waals surface area contributed by atoms with Crippen molar-refractivity contribution < 1.29 is 0 Å². The van der Waals surface area contributed by atoms with Crippen molar-refractivity contribution in [3.05, 3.63) is 29.3 Å². The largest absolute Gasteiger partial charge is 0.385 e. The van der Waals surface area contributed by atoms with E-state index in [9.17, 15) is 0 Å². The van der Waals surface area contributed by atoms with Crippen LogP contribution in [0.5, 0.6) is 0 Å². The summed E-state index contributed by atoms with van der Waals surface area (Å²) in [6.07, 6.45) is 2.43. The number of aryl methyl sites for hydroxylation is 1. The molecular weight excluding hydrogens is 219 g/mol. The number of benzene rings is 1. The van der Waals surface area contributed by atoms with Crippen LogP contribution in [0.15, 0.2) is 18.2 Å². The summed E-state index contributed by atoms with van der Waals surface area (Å²) in [5, 5.41) is 3.40. The predicted octanol–water partition coefficient (Wildman–Crippen LogP) is 2.35. The molecule has 1 aliphatic rings. The molecule has 1 aromatic carbocycles. The van der Waals surface area contributed by atoms with Gasteiger partial charge in [0.25, 0.3) is 0 Å². The van der Waals surface area contributed by atoms with Crippen molar-refractivity contribution in [2.75, 3.05) is 11.9 Å². The average molecular weight is 235 g/mol. The van der Waals surface area contributed by atoms with Crippen LogP contribution in [-0.2, 0) is 13.0 Å². The molecule has 1 aromatic rings. The molecule has 1 heterocycles. The monoisotopic (exact) mass is 234 g/mol. The third kappa shape index (κ3) is 2.53. The molecule has 0 aromatic heterocycles. The maximum absolute atomic E-state index is 5.63. The highest BCUT2D eigenvalue weighted by Crippen LogP contribution is 2.25. The summed E-state index contributed by atoms with van der Waals surface area (Å²) in [6.45, 7) is 1.72. The minimum Gasteiger partial charge on any atom is -0.385 e. The number of nitrogens with one attached hydrogen (secondary N) is 1. The Bertz CT molecular complexity index is 275. The van der Waals surface area contributed by atoms with E-state index in [4.69, 9.17) is 5.73 Å². The normalized spacial score (nSPS) is 12.9. The Morgan fingerprint density at radius 2 is 2.07 bits per heavy atom. The van der Waals surface area contributed by atoms with Gasteiger partial charge in [-0.3, -0.25) is 0 Å². The Morgan fingerprint density at radius 3 is 2.79 bits per heavy atom. The van der Waals surface area contributed by atoms with Gasteiger partial charge in [0.15, 0.2) is 0 Å². The molecule has 0 aliphatic carbocycles. The van der Waals surface area contributed by atoms with Gasteiger partial charge in [0.2, 0.25) is 0 Å². The summed E-state index contributed by atoms with van der Waals surface area (Å²) in [6, 6.07) is 6.37. The summed E-state index contributed by atoms with van der Waals surface area (Å²) in [5.41, 5.74) is 9.58.